The van der Waals surface area contributed by atoms with Crippen LogP contribution >= 0.6 is 0 Å². The molecule has 0 aliphatic heterocycles. The lowest BCUT2D eigenvalue weighted by molar-refractivity contribution is 0.0636. The standard InChI is InChI=1S/C20H24N2O5/c1-20(2,3)27-19(24)22-14-8-6-13(7-9-14)18(23)21-15-10-16(25-4)12-17(11-15)26-5/h6-12H,1-5H3,(H,21,23)(H,22,24). The van der Waals surface area contributed by atoms with Gasteiger partial charge in [0.1, 0.15) is 17.1 Å². The molecule has 2 amide bonds. The first-order chi connectivity index (χ1) is 12.7. The number of carbonyl (C=O) groups excluding carboxylic acids is 2. The summed E-state index contributed by atoms with van der Waals surface area (Å²) in [5, 5.41) is 5.41. The molecule has 144 valence electrons. The maximum atomic E-state index is 12.4. The zero-order valence-corrected chi connectivity index (χ0v) is 16.1. The van der Waals surface area contributed by atoms with Gasteiger partial charge in [0.2, 0.25) is 0 Å². The number of rotatable bonds is 5. The number of hydrogen-bond acceptors (Lipinski definition) is 5. The quantitative estimate of drug-likeness (QED) is 0.817. The van der Waals surface area contributed by atoms with Crippen molar-refractivity contribution >= 4 is 23.4 Å². The summed E-state index contributed by atoms with van der Waals surface area (Å²) in [6.45, 7) is 5.36. The van der Waals surface area contributed by atoms with Crippen LogP contribution in [0.3, 0.4) is 0 Å². The monoisotopic (exact) mass is 372 g/mol. The average Bonchev–Trinajstić information content (AvgIpc) is 2.60. The summed E-state index contributed by atoms with van der Waals surface area (Å²) in [5.41, 5.74) is 0.935. The van der Waals surface area contributed by atoms with Crippen molar-refractivity contribution in [3.8, 4) is 11.5 Å². The average molecular weight is 372 g/mol. The van der Waals surface area contributed by atoms with Gasteiger partial charge in [-0.15, -0.1) is 0 Å². The Morgan fingerprint density at radius 1 is 0.815 bits per heavy atom. The highest BCUT2D eigenvalue weighted by atomic mass is 16.6. The predicted octanol–water partition coefficient (Wildman–Crippen LogP) is 4.30. The Morgan fingerprint density at radius 2 is 1.37 bits per heavy atom. The largest absolute Gasteiger partial charge is 0.497 e. The molecular weight excluding hydrogens is 348 g/mol. The van der Waals surface area contributed by atoms with E-state index < -0.39 is 11.7 Å². The third-order valence-corrected chi connectivity index (χ3v) is 3.40. The van der Waals surface area contributed by atoms with E-state index in [0.717, 1.165) is 0 Å². The van der Waals surface area contributed by atoms with Gasteiger partial charge in [0.05, 0.1) is 14.2 Å². The Bertz CT molecular complexity index is 788. The van der Waals surface area contributed by atoms with Gasteiger partial charge in [-0.25, -0.2) is 4.79 Å². The molecule has 7 heteroatoms. The second kappa shape index (κ2) is 8.44. The van der Waals surface area contributed by atoms with Crippen molar-refractivity contribution in [1.29, 1.82) is 0 Å². The molecule has 0 atom stereocenters. The van der Waals surface area contributed by atoms with Gasteiger partial charge in [0.15, 0.2) is 0 Å². The summed E-state index contributed by atoms with van der Waals surface area (Å²) in [4.78, 5) is 24.2. The van der Waals surface area contributed by atoms with E-state index in [0.29, 0.717) is 28.4 Å². The topological polar surface area (TPSA) is 85.9 Å². The van der Waals surface area contributed by atoms with Gasteiger partial charge in [0, 0.05) is 35.1 Å². The Labute approximate surface area is 158 Å². The fraction of sp³-hybridized carbons (Fsp3) is 0.300. The third-order valence-electron chi connectivity index (χ3n) is 3.40. The van der Waals surface area contributed by atoms with Crippen LogP contribution in [0.25, 0.3) is 0 Å². The number of anilines is 2. The molecule has 0 saturated carbocycles. The molecule has 0 saturated heterocycles. The summed E-state index contributed by atoms with van der Waals surface area (Å²) >= 11 is 0. The van der Waals surface area contributed by atoms with E-state index in [9.17, 15) is 9.59 Å². The number of ether oxygens (including phenoxy) is 3. The molecule has 0 aromatic heterocycles. The Kier molecular flexibility index (Phi) is 6.28. The maximum Gasteiger partial charge on any atom is 0.412 e. The minimum absolute atomic E-state index is 0.297. The first kappa shape index (κ1) is 20.1. The van der Waals surface area contributed by atoms with Crippen molar-refractivity contribution < 1.29 is 23.8 Å². The Hall–Kier alpha value is -3.22. The SMILES string of the molecule is COc1cc(NC(=O)c2ccc(NC(=O)OC(C)(C)C)cc2)cc(OC)c1. The van der Waals surface area contributed by atoms with Crippen molar-refractivity contribution in [3.05, 3.63) is 48.0 Å². The van der Waals surface area contributed by atoms with Gasteiger partial charge < -0.3 is 19.5 Å². The molecule has 0 fully saturated rings. The highest BCUT2D eigenvalue weighted by Gasteiger charge is 2.16. The van der Waals surface area contributed by atoms with E-state index in [-0.39, 0.29) is 5.91 Å². The molecule has 0 unspecified atom stereocenters. The fourth-order valence-corrected chi connectivity index (χ4v) is 2.21. The van der Waals surface area contributed by atoms with E-state index in [2.05, 4.69) is 10.6 Å². The Morgan fingerprint density at radius 3 is 1.85 bits per heavy atom. The zero-order valence-electron chi connectivity index (χ0n) is 16.1. The highest BCUT2D eigenvalue weighted by molar-refractivity contribution is 6.04. The molecule has 7 nitrogen and oxygen atoms in total. The van der Waals surface area contributed by atoms with Crippen molar-refractivity contribution in [2.24, 2.45) is 0 Å². The number of benzene rings is 2. The lowest BCUT2D eigenvalue weighted by Gasteiger charge is -2.19. The van der Waals surface area contributed by atoms with Crippen LogP contribution in [-0.4, -0.2) is 31.8 Å². The molecule has 2 N–H and O–H groups in total. The van der Waals surface area contributed by atoms with Crippen molar-refractivity contribution in [3.63, 3.8) is 0 Å². The number of amides is 2. The fourth-order valence-electron chi connectivity index (χ4n) is 2.21. The molecule has 2 aromatic rings. The van der Waals surface area contributed by atoms with Crippen molar-refractivity contribution in [2.75, 3.05) is 24.9 Å². The second-order valence-electron chi connectivity index (χ2n) is 6.76. The minimum atomic E-state index is -0.582. The molecule has 0 heterocycles. The highest BCUT2D eigenvalue weighted by Crippen LogP contribution is 2.26. The second-order valence-corrected chi connectivity index (χ2v) is 6.76. The molecule has 0 aliphatic rings. The van der Waals surface area contributed by atoms with E-state index >= 15 is 0 Å². The van der Waals surface area contributed by atoms with Crippen molar-refractivity contribution in [1.82, 2.24) is 0 Å². The lowest BCUT2D eigenvalue weighted by Crippen LogP contribution is -2.27. The number of nitrogens with one attached hydrogen (secondary N) is 2. The van der Waals surface area contributed by atoms with E-state index in [1.54, 1.807) is 63.2 Å². The summed E-state index contributed by atoms with van der Waals surface area (Å²) in [5.74, 6) is 0.845. The van der Waals surface area contributed by atoms with E-state index in [1.165, 1.54) is 14.2 Å². The molecule has 2 aromatic carbocycles. The molecule has 0 aliphatic carbocycles. The van der Waals surface area contributed by atoms with Crippen LogP contribution in [0.1, 0.15) is 31.1 Å². The van der Waals surface area contributed by atoms with Gasteiger partial charge in [-0.3, -0.25) is 10.1 Å². The molecule has 0 bridgehead atoms. The van der Waals surface area contributed by atoms with E-state index in [1.807, 2.05) is 0 Å². The Balaban J connectivity index is 2.04. The molecule has 0 radical (unpaired) electrons. The normalized spacial score (nSPS) is 10.7. The van der Waals surface area contributed by atoms with Crippen LogP contribution < -0.4 is 20.1 Å². The van der Waals surface area contributed by atoms with Crippen LogP contribution in [0.4, 0.5) is 16.2 Å². The third kappa shape index (κ3) is 6.22. The zero-order chi connectivity index (χ0) is 20.0. The summed E-state index contributed by atoms with van der Waals surface area (Å²) in [7, 11) is 3.08. The van der Waals surface area contributed by atoms with Crippen LogP contribution in [0, 0.1) is 0 Å². The van der Waals surface area contributed by atoms with Gasteiger partial charge >= 0.3 is 6.09 Å². The summed E-state index contributed by atoms with van der Waals surface area (Å²) in [6, 6.07) is 11.6. The van der Waals surface area contributed by atoms with Crippen molar-refractivity contribution in [2.45, 2.75) is 26.4 Å². The molecule has 27 heavy (non-hydrogen) atoms. The smallest absolute Gasteiger partial charge is 0.412 e. The molecular formula is C20H24N2O5. The van der Waals surface area contributed by atoms with Crippen LogP contribution in [0.15, 0.2) is 42.5 Å². The van der Waals surface area contributed by atoms with Gasteiger partial charge in [-0.1, -0.05) is 0 Å². The molecule has 2 rings (SSSR count). The summed E-state index contributed by atoms with van der Waals surface area (Å²) in [6.07, 6.45) is -0.553. The van der Waals surface area contributed by atoms with Gasteiger partial charge in [-0.2, -0.15) is 0 Å². The van der Waals surface area contributed by atoms with Crippen LogP contribution in [0.5, 0.6) is 11.5 Å². The molecule has 0 spiro atoms. The lowest BCUT2D eigenvalue weighted by atomic mass is 10.2. The number of carbonyl (C=O) groups is 2. The first-order valence-corrected chi connectivity index (χ1v) is 8.34. The van der Waals surface area contributed by atoms with Crippen LogP contribution in [0.2, 0.25) is 0 Å². The van der Waals surface area contributed by atoms with Gasteiger partial charge in [-0.05, 0) is 45.0 Å². The predicted molar refractivity (Wildman–Crippen MR) is 104 cm³/mol. The number of hydrogen-bond donors (Lipinski definition) is 2. The first-order valence-electron chi connectivity index (χ1n) is 8.34. The number of methoxy groups -OCH3 is 2. The van der Waals surface area contributed by atoms with Crippen LogP contribution in [-0.2, 0) is 4.74 Å². The maximum absolute atomic E-state index is 12.4. The summed E-state index contributed by atoms with van der Waals surface area (Å²) < 4.78 is 15.6. The van der Waals surface area contributed by atoms with Gasteiger partial charge in [0.25, 0.3) is 5.91 Å². The van der Waals surface area contributed by atoms with E-state index in [4.69, 9.17) is 14.2 Å². The minimum Gasteiger partial charge on any atom is -0.497 e.